The van der Waals surface area contributed by atoms with Crippen LogP contribution in [-0.4, -0.2) is 193 Å². The summed E-state index contributed by atoms with van der Waals surface area (Å²) in [4.78, 5) is 13.3. The molecule has 0 aromatic carbocycles. The van der Waals surface area contributed by atoms with Crippen LogP contribution in [0.3, 0.4) is 0 Å². The first-order valence-corrected chi connectivity index (χ1v) is 35.9. The van der Waals surface area contributed by atoms with Gasteiger partial charge in [-0.05, 0) is 19.3 Å². The Hall–Kier alpha value is -1.47. The number of nitrogens with one attached hydrogen (secondary N) is 1. The topological polar surface area (TPSA) is 307 Å². The van der Waals surface area contributed by atoms with E-state index in [1.165, 1.54) is 218 Å². The second-order valence-corrected chi connectivity index (χ2v) is 26.1. The molecule has 3 heterocycles. The predicted molar refractivity (Wildman–Crippen MR) is 342 cm³/mol. The van der Waals surface area contributed by atoms with Crippen molar-refractivity contribution in [1.82, 2.24) is 5.32 Å². The molecule has 0 radical (unpaired) electrons. The third-order valence-corrected chi connectivity index (χ3v) is 18.3. The Morgan fingerprint density at radius 1 is 0.398 bits per heavy atom. The predicted octanol–water partition coefficient (Wildman–Crippen LogP) is 9.67. The number of hydrogen-bond donors (Lipinski definition) is 12. The first-order valence-electron chi connectivity index (χ1n) is 35.9. The molecule has 0 aliphatic carbocycles. The number of carbonyl (C=O) groups excluding carboxylic acids is 1. The number of hydrogen-bond acceptors (Lipinski definition) is 18. The fourth-order valence-electron chi connectivity index (χ4n) is 12.5. The molecule has 88 heavy (non-hydrogen) atoms. The van der Waals surface area contributed by atoms with Crippen LogP contribution in [0.1, 0.15) is 290 Å². The van der Waals surface area contributed by atoms with Crippen molar-refractivity contribution >= 4 is 5.91 Å². The number of aliphatic hydroxyl groups is 11. The lowest BCUT2D eigenvalue weighted by atomic mass is 9.96. The van der Waals surface area contributed by atoms with Gasteiger partial charge in [0, 0.05) is 6.42 Å². The number of unbranched alkanes of at least 4 members (excludes halogenated alkanes) is 40. The molecule has 0 aromatic heterocycles. The SMILES string of the molecule is CCCCCCCCCCCCCCCCCCCCCCCCCCCCCCC/C=C/C(O)C(COC1OC(CO)C(OC2OC(CO)C(OC3OC(CO)C(O)C(O)C3O)C(O)C2O)C(O)C1O)NC(=O)CCCCCCCCCCCCCC. The normalized spacial score (nSPS) is 28.4. The maximum atomic E-state index is 13.3. The third-order valence-electron chi connectivity index (χ3n) is 18.3. The lowest BCUT2D eigenvalue weighted by Crippen LogP contribution is -2.66. The third kappa shape index (κ3) is 33.6. The minimum Gasteiger partial charge on any atom is -0.394 e. The summed E-state index contributed by atoms with van der Waals surface area (Å²) in [6.07, 6.45) is 30.8. The van der Waals surface area contributed by atoms with Crippen LogP contribution in [0.2, 0.25) is 0 Å². The molecule has 12 N–H and O–H groups in total. The maximum Gasteiger partial charge on any atom is 0.220 e. The van der Waals surface area contributed by atoms with E-state index >= 15 is 0 Å². The molecule has 3 fully saturated rings. The largest absolute Gasteiger partial charge is 0.394 e. The molecule has 3 saturated heterocycles. The fraction of sp³-hybridized carbons (Fsp3) is 0.957. The molecule has 0 spiro atoms. The van der Waals surface area contributed by atoms with Crippen LogP contribution >= 0.6 is 0 Å². The van der Waals surface area contributed by atoms with E-state index in [0.29, 0.717) is 6.42 Å². The second-order valence-electron chi connectivity index (χ2n) is 26.1. The molecule has 19 heteroatoms. The van der Waals surface area contributed by atoms with Gasteiger partial charge in [-0.1, -0.05) is 276 Å². The van der Waals surface area contributed by atoms with E-state index in [4.69, 9.17) is 28.4 Å². The molecule has 19 nitrogen and oxygen atoms in total. The van der Waals surface area contributed by atoms with Gasteiger partial charge in [0.25, 0.3) is 0 Å². The zero-order valence-corrected chi connectivity index (χ0v) is 55.0. The lowest BCUT2D eigenvalue weighted by Gasteiger charge is -2.48. The Morgan fingerprint density at radius 2 is 0.705 bits per heavy atom. The number of ether oxygens (including phenoxy) is 6. The molecule has 17 unspecified atom stereocenters. The van der Waals surface area contributed by atoms with Gasteiger partial charge in [-0.25, -0.2) is 0 Å². The van der Waals surface area contributed by atoms with Crippen molar-refractivity contribution in [3.05, 3.63) is 12.2 Å². The van der Waals surface area contributed by atoms with Crippen molar-refractivity contribution in [3.8, 4) is 0 Å². The van der Waals surface area contributed by atoms with E-state index < -0.39 is 124 Å². The summed E-state index contributed by atoms with van der Waals surface area (Å²) < 4.78 is 34.3. The van der Waals surface area contributed by atoms with Gasteiger partial charge in [0.2, 0.25) is 5.91 Å². The van der Waals surface area contributed by atoms with Crippen molar-refractivity contribution in [2.75, 3.05) is 26.4 Å². The summed E-state index contributed by atoms with van der Waals surface area (Å²) in [5.41, 5.74) is 0. The summed E-state index contributed by atoms with van der Waals surface area (Å²) in [7, 11) is 0. The van der Waals surface area contributed by atoms with Gasteiger partial charge in [-0.15, -0.1) is 0 Å². The van der Waals surface area contributed by atoms with Gasteiger partial charge in [-0.3, -0.25) is 4.79 Å². The van der Waals surface area contributed by atoms with Crippen molar-refractivity contribution in [2.45, 2.75) is 394 Å². The highest BCUT2D eigenvalue weighted by atomic mass is 16.8. The number of aliphatic hydroxyl groups excluding tert-OH is 11. The summed E-state index contributed by atoms with van der Waals surface area (Å²) in [5.74, 6) is -0.272. The highest BCUT2D eigenvalue weighted by molar-refractivity contribution is 5.76. The summed E-state index contributed by atoms with van der Waals surface area (Å²) in [6.45, 7) is 1.75. The van der Waals surface area contributed by atoms with Gasteiger partial charge in [0.05, 0.1) is 38.6 Å². The summed E-state index contributed by atoms with van der Waals surface area (Å²) in [6, 6.07) is -0.968. The van der Waals surface area contributed by atoms with E-state index in [9.17, 15) is 61.0 Å². The Bertz CT molecular complexity index is 1650. The minimum atomic E-state index is -1.98. The number of carbonyl (C=O) groups is 1. The lowest BCUT2D eigenvalue weighted by molar-refractivity contribution is -0.379. The molecule has 0 saturated carbocycles. The van der Waals surface area contributed by atoms with Gasteiger partial charge in [0.15, 0.2) is 18.9 Å². The van der Waals surface area contributed by atoms with Crippen LogP contribution in [0.5, 0.6) is 0 Å². The number of amides is 1. The molecule has 3 aliphatic rings. The molecule has 3 aliphatic heterocycles. The van der Waals surface area contributed by atoms with E-state index in [1.54, 1.807) is 6.08 Å². The summed E-state index contributed by atoms with van der Waals surface area (Å²) in [5, 5.41) is 120. The molecule has 3 rings (SSSR count). The van der Waals surface area contributed by atoms with Crippen molar-refractivity contribution < 1.29 is 89.4 Å². The molecular formula is C69H131NO18. The molecule has 17 atom stereocenters. The molecule has 0 bridgehead atoms. The van der Waals surface area contributed by atoms with Gasteiger partial charge in [-0.2, -0.15) is 0 Å². The average Bonchev–Trinajstić information content (AvgIpc) is 1.99. The van der Waals surface area contributed by atoms with Crippen molar-refractivity contribution in [2.24, 2.45) is 0 Å². The Kier molecular flexibility index (Phi) is 47.6. The highest BCUT2D eigenvalue weighted by Gasteiger charge is 2.53. The number of rotatable bonds is 56. The molecule has 520 valence electrons. The van der Waals surface area contributed by atoms with Gasteiger partial charge >= 0.3 is 0 Å². The Balaban J connectivity index is 1.37. The minimum absolute atomic E-state index is 0.248. The van der Waals surface area contributed by atoms with Crippen molar-refractivity contribution in [3.63, 3.8) is 0 Å². The molecule has 1 amide bonds. The van der Waals surface area contributed by atoms with Crippen molar-refractivity contribution in [1.29, 1.82) is 0 Å². The zero-order valence-electron chi connectivity index (χ0n) is 55.0. The molecular weight excluding hydrogens is 1130 g/mol. The van der Waals surface area contributed by atoms with E-state index in [2.05, 4.69) is 19.2 Å². The van der Waals surface area contributed by atoms with Crippen LogP contribution < -0.4 is 5.32 Å². The second kappa shape index (κ2) is 51.9. The zero-order chi connectivity index (χ0) is 64.0. The Labute approximate surface area is 531 Å². The van der Waals surface area contributed by atoms with Crippen LogP contribution in [0.4, 0.5) is 0 Å². The van der Waals surface area contributed by atoms with Crippen LogP contribution in [0, 0.1) is 0 Å². The fourth-order valence-corrected chi connectivity index (χ4v) is 12.5. The maximum absolute atomic E-state index is 13.3. The van der Waals surface area contributed by atoms with Crippen LogP contribution in [0.15, 0.2) is 12.2 Å². The van der Waals surface area contributed by atoms with Crippen LogP contribution in [-0.2, 0) is 33.2 Å². The van der Waals surface area contributed by atoms with E-state index in [1.807, 2.05) is 6.08 Å². The first-order chi connectivity index (χ1) is 42.8. The van der Waals surface area contributed by atoms with E-state index in [-0.39, 0.29) is 18.9 Å². The average molecular weight is 1260 g/mol. The molecule has 0 aromatic rings. The summed E-state index contributed by atoms with van der Waals surface area (Å²) >= 11 is 0. The first kappa shape index (κ1) is 80.8. The van der Waals surface area contributed by atoms with E-state index in [0.717, 1.165) is 44.9 Å². The van der Waals surface area contributed by atoms with Gasteiger partial charge < -0.3 is 89.9 Å². The highest BCUT2D eigenvalue weighted by Crippen LogP contribution is 2.33. The monoisotopic (exact) mass is 1260 g/mol. The smallest absolute Gasteiger partial charge is 0.220 e. The Morgan fingerprint density at radius 3 is 1.07 bits per heavy atom. The number of allylic oxidation sites excluding steroid dienone is 1. The standard InChI is InChI=1S/C69H131NO18/c1-3-5-7-9-11-13-15-17-18-19-20-21-22-23-24-25-26-27-28-29-30-31-32-33-34-35-36-38-40-42-44-46-53(74)52(70-57(75)47-45-43-41-39-37-16-14-12-10-8-6-4-2)51-83-67-63(81)60(78)65(55(49-72)85-67)88-69-64(82)61(79)66(56(50-73)86-69)87-68-62(80)59(77)58(76)54(48-71)84-68/h44,46,52-56,58-69,71-74,76-82H,3-43,45,47-51H2,1-2H3,(H,70,75)/b46-44+. The van der Waals surface area contributed by atoms with Crippen LogP contribution in [0.25, 0.3) is 0 Å². The quantitative estimate of drug-likeness (QED) is 0.0199. The van der Waals surface area contributed by atoms with Gasteiger partial charge in [0.1, 0.15) is 73.2 Å².